The molecule has 1 aliphatic rings. The number of hydrogen-bond donors (Lipinski definition) is 2. The van der Waals surface area contributed by atoms with Crippen LogP contribution in [0.15, 0.2) is 23.1 Å². The molecule has 1 aromatic carbocycles. The number of sulfonamides is 1. The summed E-state index contributed by atoms with van der Waals surface area (Å²) >= 11 is 5.68. The highest BCUT2D eigenvalue weighted by molar-refractivity contribution is 7.89. The van der Waals surface area contributed by atoms with E-state index < -0.39 is 15.8 Å². The Balaban J connectivity index is 0.00000200. The summed E-state index contributed by atoms with van der Waals surface area (Å²) in [5.41, 5.74) is 0. The molecule has 0 spiro atoms. The lowest BCUT2D eigenvalue weighted by Gasteiger charge is -2.28. The Kier molecular flexibility index (Phi) is 6.22. The first kappa shape index (κ1) is 17.7. The minimum Gasteiger partial charge on any atom is -0.314 e. The molecular weight excluding hydrogens is 326 g/mol. The average Bonchev–Trinajstić information content (AvgIpc) is 2.26. The van der Waals surface area contributed by atoms with Crippen LogP contribution in [0.4, 0.5) is 4.39 Å². The molecule has 8 heteroatoms. The minimum absolute atomic E-state index is 0. The summed E-state index contributed by atoms with van der Waals surface area (Å²) in [7, 11) is -3.73. The van der Waals surface area contributed by atoms with E-state index in [1.54, 1.807) is 0 Å². The summed E-state index contributed by atoms with van der Waals surface area (Å²) in [4.78, 5) is -0.135. The van der Waals surface area contributed by atoms with Crippen molar-refractivity contribution in [2.75, 3.05) is 6.54 Å². The van der Waals surface area contributed by atoms with Gasteiger partial charge in [0.25, 0.3) is 0 Å². The normalized spacial score (nSPS) is 23.1. The van der Waals surface area contributed by atoms with Crippen molar-refractivity contribution in [1.82, 2.24) is 10.0 Å². The molecule has 1 heterocycles. The Hall–Kier alpha value is -0.400. The van der Waals surface area contributed by atoms with E-state index in [1.165, 1.54) is 6.07 Å². The second-order valence-corrected chi connectivity index (χ2v) is 6.95. The van der Waals surface area contributed by atoms with Gasteiger partial charge in [-0.1, -0.05) is 11.6 Å². The zero-order valence-electron chi connectivity index (χ0n) is 10.9. The van der Waals surface area contributed by atoms with E-state index >= 15 is 0 Å². The quantitative estimate of drug-likeness (QED) is 0.886. The van der Waals surface area contributed by atoms with Crippen LogP contribution in [0.5, 0.6) is 0 Å². The lowest BCUT2D eigenvalue weighted by molar-refractivity contribution is 0.361. The summed E-state index contributed by atoms with van der Waals surface area (Å²) in [6.07, 6.45) is 1.43. The summed E-state index contributed by atoms with van der Waals surface area (Å²) in [6, 6.07) is 3.42. The fourth-order valence-corrected chi connectivity index (χ4v) is 3.84. The van der Waals surface area contributed by atoms with E-state index in [0.29, 0.717) is 12.8 Å². The van der Waals surface area contributed by atoms with E-state index in [-0.39, 0.29) is 34.4 Å². The zero-order chi connectivity index (χ0) is 14.0. The summed E-state index contributed by atoms with van der Waals surface area (Å²) in [6.45, 7) is 2.76. The lowest BCUT2D eigenvalue weighted by atomic mass is 10.0. The highest BCUT2D eigenvalue weighted by Gasteiger charge is 2.24. The van der Waals surface area contributed by atoms with Crippen molar-refractivity contribution in [3.63, 3.8) is 0 Å². The smallest absolute Gasteiger partial charge is 0.240 e. The highest BCUT2D eigenvalue weighted by Crippen LogP contribution is 2.19. The maximum absolute atomic E-state index is 13.2. The fraction of sp³-hybridized carbons (Fsp3) is 0.500. The second kappa shape index (κ2) is 7.04. The van der Waals surface area contributed by atoms with Crippen LogP contribution in [0.1, 0.15) is 19.8 Å². The Labute approximate surface area is 129 Å². The van der Waals surface area contributed by atoms with Gasteiger partial charge < -0.3 is 5.32 Å². The van der Waals surface area contributed by atoms with Crippen molar-refractivity contribution in [2.45, 2.75) is 36.7 Å². The van der Waals surface area contributed by atoms with Crippen LogP contribution in [0, 0.1) is 5.82 Å². The number of hydrogen-bond acceptors (Lipinski definition) is 3. The zero-order valence-corrected chi connectivity index (χ0v) is 13.3. The third-order valence-electron chi connectivity index (χ3n) is 3.09. The molecule has 1 saturated heterocycles. The first-order valence-corrected chi connectivity index (χ1v) is 7.95. The Morgan fingerprint density at radius 3 is 2.70 bits per heavy atom. The van der Waals surface area contributed by atoms with Gasteiger partial charge in [-0.15, -0.1) is 12.4 Å². The van der Waals surface area contributed by atoms with Crippen LogP contribution in [0.2, 0.25) is 5.02 Å². The number of benzene rings is 1. The largest absolute Gasteiger partial charge is 0.314 e. The molecule has 1 aromatic rings. The minimum atomic E-state index is -3.73. The molecule has 0 saturated carbocycles. The van der Waals surface area contributed by atoms with Gasteiger partial charge in [0, 0.05) is 17.1 Å². The summed E-state index contributed by atoms with van der Waals surface area (Å²) < 4.78 is 40.1. The number of piperidine rings is 1. The Bertz CT molecular complexity index is 548. The highest BCUT2D eigenvalue weighted by atomic mass is 35.5. The van der Waals surface area contributed by atoms with Gasteiger partial charge in [0.05, 0.1) is 4.90 Å². The number of nitrogens with one attached hydrogen (secondary N) is 2. The van der Waals surface area contributed by atoms with Crippen molar-refractivity contribution in [3.05, 3.63) is 29.0 Å². The SMILES string of the molecule is CC1CC(NS(=O)(=O)c2cc(F)cc(Cl)c2)CCN1.Cl. The van der Waals surface area contributed by atoms with E-state index in [4.69, 9.17) is 11.6 Å². The molecule has 0 amide bonds. The van der Waals surface area contributed by atoms with Gasteiger partial charge in [-0.3, -0.25) is 0 Å². The fourth-order valence-electron chi connectivity index (χ4n) is 2.21. The van der Waals surface area contributed by atoms with Crippen molar-refractivity contribution in [3.8, 4) is 0 Å². The molecule has 4 nitrogen and oxygen atoms in total. The molecule has 114 valence electrons. The molecule has 0 radical (unpaired) electrons. The van der Waals surface area contributed by atoms with Crippen molar-refractivity contribution >= 4 is 34.0 Å². The predicted molar refractivity (Wildman–Crippen MR) is 79.5 cm³/mol. The van der Waals surface area contributed by atoms with E-state index in [1.807, 2.05) is 6.92 Å². The Morgan fingerprint density at radius 2 is 2.10 bits per heavy atom. The molecule has 2 N–H and O–H groups in total. The van der Waals surface area contributed by atoms with E-state index in [9.17, 15) is 12.8 Å². The summed E-state index contributed by atoms with van der Waals surface area (Å²) in [5, 5.41) is 3.31. The van der Waals surface area contributed by atoms with Gasteiger partial charge in [0.2, 0.25) is 10.0 Å². The van der Waals surface area contributed by atoms with Crippen molar-refractivity contribution in [2.24, 2.45) is 0 Å². The molecule has 2 rings (SSSR count). The molecule has 0 bridgehead atoms. The average molecular weight is 343 g/mol. The molecule has 0 aliphatic carbocycles. The molecule has 2 atom stereocenters. The molecule has 2 unspecified atom stereocenters. The molecule has 1 fully saturated rings. The second-order valence-electron chi connectivity index (χ2n) is 4.80. The van der Waals surface area contributed by atoms with Crippen molar-refractivity contribution in [1.29, 1.82) is 0 Å². The predicted octanol–water partition coefficient (Wildman–Crippen LogP) is 2.32. The summed E-state index contributed by atoms with van der Waals surface area (Å²) in [5.74, 6) is -0.661. The van der Waals surface area contributed by atoms with Gasteiger partial charge >= 0.3 is 0 Å². The standard InChI is InChI=1S/C12H16ClFN2O2S.ClH/c1-8-4-11(2-3-15-8)16-19(17,18)12-6-9(13)5-10(14)7-12;/h5-8,11,15-16H,2-4H2,1H3;1H. The third-order valence-corrected chi connectivity index (χ3v) is 4.81. The van der Waals surface area contributed by atoms with Gasteiger partial charge in [-0.05, 0) is 44.5 Å². The molecular formula is C12H17Cl2FN2O2S. The van der Waals surface area contributed by atoms with Gasteiger partial charge in [0.1, 0.15) is 5.82 Å². The van der Waals surface area contributed by atoms with E-state index in [0.717, 1.165) is 18.7 Å². The molecule has 20 heavy (non-hydrogen) atoms. The monoisotopic (exact) mass is 342 g/mol. The van der Waals surface area contributed by atoms with Crippen LogP contribution in [0.25, 0.3) is 0 Å². The van der Waals surface area contributed by atoms with E-state index in [2.05, 4.69) is 10.0 Å². The lowest BCUT2D eigenvalue weighted by Crippen LogP contribution is -2.46. The number of rotatable bonds is 3. The van der Waals surface area contributed by atoms with Gasteiger partial charge in [0.15, 0.2) is 0 Å². The van der Waals surface area contributed by atoms with Gasteiger partial charge in [-0.2, -0.15) is 0 Å². The first-order valence-electron chi connectivity index (χ1n) is 6.08. The van der Waals surface area contributed by atoms with Crippen LogP contribution in [0.3, 0.4) is 0 Å². The maximum Gasteiger partial charge on any atom is 0.240 e. The van der Waals surface area contributed by atoms with Crippen LogP contribution >= 0.6 is 24.0 Å². The molecule has 1 aliphatic heterocycles. The topological polar surface area (TPSA) is 58.2 Å². The van der Waals surface area contributed by atoms with Crippen LogP contribution in [-0.2, 0) is 10.0 Å². The number of halogens is 3. The third kappa shape index (κ3) is 4.56. The first-order chi connectivity index (χ1) is 8.87. The van der Waals surface area contributed by atoms with Crippen LogP contribution in [-0.4, -0.2) is 27.0 Å². The van der Waals surface area contributed by atoms with Crippen LogP contribution < -0.4 is 10.0 Å². The van der Waals surface area contributed by atoms with Crippen molar-refractivity contribution < 1.29 is 12.8 Å². The van der Waals surface area contributed by atoms with Gasteiger partial charge in [-0.25, -0.2) is 17.5 Å². The molecule has 0 aromatic heterocycles. The Morgan fingerprint density at radius 1 is 1.40 bits per heavy atom. The maximum atomic E-state index is 13.2.